The number of aryl methyl sites for hydroxylation is 1. The molecule has 1 aromatic heterocycles. The normalized spacial score (nSPS) is 24.2. The highest BCUT2D eigenvalue weighted by Gasteiger charge is 2.31. The molecule has 5 heteroatoms. The van der Waals surface area contributed by atoms with Crippen molar-refractivity contribution < 1.29 is 18.7 Å². The molecule has 1 saturated carbocycles. The molecule has 5 nitrogen and oxygen atoms in total. The summed E-state index contributed by atoms with van der Waals surface area (Å²) in [6.45, 7) is 3.99. The molecule has 1 saturated heterocycles. The first-order valence-electron chi connectivity index (χ1n) is 8.69. The number of carbonyl (C=O) groups excluding carboxylic acids is 1. The molecule has 1 aromatic carbocycles. The predicted octanol–water partition coefficient (Wildman–Crippen LogP) is 3.06. The number of carbonyl (C=O) groups is 1. The van der Waals surface area contributed by atoms with Crippen LogP contribution in [-0.2, 0) is 9.47 Å². The summed E-state index contributed by atoms with van der Waals surface area (Å²) in [5.41, 5.74) is 1.87. The minimum Gasteiger partial charge on any atom is -0.451 e. The molecule has 2 atom stereocenters. The van der Waals surface area contributed by atoms with E-state index in [-0.39, 0.29) is 18.1 Å². The zero-order valence-electron chi connectivity index (χ0n) is 13.9. The number of nitrogens with one attached hydrogen (secondary N) is 1. The van der Waals surface area contributed by atoms with Crippen LogP contribution in [0.5, 0.6) is 0 Å². The monoisotopic (exact) mass is 329 g/mol. The Kier molecular flexibility index (Phi) is 4.29. The number of hydrogen-bond donors (Lipinski definition) is 1. The quantitative estimate of drug-likeness (QED) is 0.916. The standard InChI is InChI=1S/C19H23NO4/c1-12-2-5-16-14(8-12)9-18(24-16)19(21)20-15-11-22-7-6-17(15)23-10-13-3-4-13/h2,5,8-9,13,15,17H,3-4,6-7,10-11H2,1H3,(H,20,21)/t15-,17+/m1/s1. The van der Waals surface area contributed by atoms with Gasteiger partial charge in [-0.1, -0.05) is 11.6 Å². The molecule has 1 aliphatic heterocycles. The van der Waals surface area contributed by atoms with Crippen molar-refractivity contribution in [1.29, 1.82) is 0 Å². The van der Waals surface area contributed by atoms with E-state index in [1.54, 1.807) is 6.07 Å². The molecule has 4 rings (SSSR count). The van der Waals surface area contributed by atoms with E-state index >= 15 is 0 Å². The third-order valence-corrected chi connectivity index (χ3v) is 4.75. The van der Waals surface area contributed by atoms with Gasteiger partial charge >= 0.3 is 0 Å². The molecule has 0 unspecified atom stereocenters. The van der Waals surface area contributed by atoms with Crippen molar-refractivity contribution in [2.75, 3.05) is 19.8 Å². The summed E-state index contributed by atoms with van der Waals surface area (Å²) in [6, 6.07) is 7.55. The van der Waals surface area contributed by atoms with Gasteiger partial charge in [0.25, 0.3) is 5.91 Å². The van der Waals surface area contributed by atoms with Gasteiger partial charge in [0.1, 0.15) is 5.58 Å². The van der Waals surface area contributed by atoms with Crippen LogP contribution in [0.15, 0.2) is 28.7 Å². The van der Waals surface area contributed by atoms with Crippen molar-refractivity contribution in [2.45, 2.75) is 38.3 Å². The lowest BCUT2D eigenvalue weighted by molar-refractivity contribution is -0.0568. The molecule has 1 amide bonds. The Bertz CT molecular complexity index is 734. The second-order valence-corrected chi connectivity index (χ2v) is 6.91. The first-order valence-corrected chi connectivity index (χ1v) is 8.69. The molecule has 2 heterocycles. The Morgan fingerprint density at radius 3 is 3.00 bits per heavy atom. The fourth-order valence-corrected chi connectivity index (χ4v) is 3.11. The van der Waals surface area contributed by atoms with E-state index in [2.05, 4.69) is 5.32 Å². The van der Waals surface area contributed by atoms with E-state index in [1.807, 2.05) is 25.1 Å². The number of furan rings is 1. The molecular formula is C19H23NO4. The number of amides is 1. The van der Waals surface area contributed by atoms with Crippen molar-refractivity contribution >= 4 is 16.9 Å². The van der Waals surface area contributed by atoms with Gasteiger partial charge in [0.15, 0.2) is 5.76 Å². The predicted molar refractivity (Wildman–Crippen MR) is 90.1 cm³/mol. The van der Waals surface area contributed by atoms with E-state index in [1.165, 1.54) is 12.8 Å². The third kappa shape index (κ3) is 3.47. The molecule has 0 spiro atoms. The van der Waals surface area contributed by atoms with Crippen LogP contribution in [0.2, 0.25) is 0 Å². The lowest BCUT2D eigenvalue weighted by atomic mass is 10.1. The van der Waals surface area contributed by atoms with Crippen LogP contribution in [0.25, 0.3) is 11.0 Å². The average Bonchev–Trinajstić information content (AvgIpc) is 3.31. The summed E-state index contributed by atoms with van der Waals surface area (Å²) in [6.07, 6.45) is 3.36. The molecule has 1 N–H and O–H groups in total. The summed E-state index contributed by atoms with van der Waals surface area (Å²) in [4.78, 5) is 12.5. The van der Waals surface area contributed by atoms with E-state index in [9.17, 15) is 4.79 Å². The summed E-state index contributed by atoms with van der Waals surface area (Å²) >= 11 is 0. The van der Waals surface area contributed by atoms with Gasteiger partial charge in [0.2, 0.25) is 0 Å². The Morgan fingerprint density at radius 2 is 2.17 bits per heavy atom. The van der Waals surface area contributed by atoms with E-state index < -0.39 is 0 Å². The maximum Gasteiger partial charge on any atom is 0.287 e. The molecule has 0 radical (unpaired) electrons. The highest BCUT2D eigenvalue weighted by Crippen LogP contribution is 2.30. The molecule has 2 fully saturated rings. The van der Waals surface area contributed by atoms with Gasteiger partial charge in [-0.15, -0.1) is 0 Å². The number of benzene rings is 1. The second kappa shape index (κ2) is 6.57. The Morgan fingerprint density at radius 1 is 1.29 bits per heavy atom. The van der Waals surface area contributed by atoms with Crippen molar-refractivity contribution in [3.8, 4) is 0 Å². The summed E-state index contributed by atoms with van der Waals surface area (Å²) in [5.74, 6) is 0.837. The van der Waals surface area contributed by atoms with Gasteiger partial charge in [0, 0.05) is 18.6 Å². The van der Waals surface area contributed by atoms with E-state index in [0.29, 0.717) is 24.9 Å². The van der Waals surface area contributed by atoms with E-state index in [0.717, 1.165) is 29.6 Å². The van der Waals surface area contributed by atoms with Crippen LogP contribution >= 0.6 is 0 Å². The largest absolute Gasteiger partial charge is 0.451 e. The lowest BCUT2D eigenvalue weighted by Crippen LogP contribution is -2.50. The number of ether oxygens (including phenoxy) is 2. The molecule has 24 heavy (non-hydrogen) atoms. The average molecular weight is 329 g/mol. The zero-order chi connectivity index (χ0) is 16.5. The molecule has 0 bridgehead atoms. The minimum atomic E-state index is -0.209. The van der Waals surface area contributed by atoms with Gasteiger partial charge in [-0.3, -0.25) is 4.79 Å². The van der Waals surface area contributed by atoms with Crippen molar-refractivity contribution in [1.82, 2.24) is 5.32 Å². The van der Waals surface area contributed by atoms with Crippen LogP contribution in [0.4, 0.5) is 0 Å². The number of hydrogen-bond acceptors (Lipinski definition) is 4. The highest BCUT2D eigenvalue weighted by atomic mass is 16.5. The maximum atomic E-state index is 12.5. The van der Waals surface area contributed by atoms with Crippen LogP contribution in [0.1, 0.15) is 35.4 Å². The summed E-state index contributed by atoms with van der Waals surface area (Å²) in [5, 5.41) is 3.97. The molecule has 2 aliphatic rings. The first-order chi connectivity index (χ1) is 11.7. The van der Waals surface area contributed by atoms with Gasteiger partial charge in [-0.05, 0) is 50.3 Å². The van der Waals surface area contributed by atoms with Gasteiger partial charge in [-0.25, -0.2) is 0 Å². The molecule has 2 aromatic rings. The summed E-state index contributed by atoms with van der Waals surface area (Å²) < 4.78 is 17.2. The molecule has 1 aliphatic carbocycles. The minimum absolute atomic E-state index is 0.0231. The molecular weight excluding hydrogens is 306 g/mol. The van der Waals surface area contributed by atoms with Gasteiger partial charge < -0.3 is 19.2 Å². The van der Waals surface area contributed by atoms with Crippen molar-refractivity contribution in [2.24, 2.45) is 5.92 Å². The van der Waals surface area contributed by atoms with Crippen molar-refractivity contribution in [3.63, 3.8) is 0 Å². The van der Waals surface area contributed by atoms with Crippen LogP contribution in [0, 0.1) is 12.8 Å². The topological polar surface area (TPSA) is 60.7 Å². The van der Waals surface area contributed by atoms with Gasteiger partial charge in [0.05, 0.1) is 18.8 Å². The Labute approximate surface area is 141 Å². The van der Waals surface area contributed by atoms with Crippen LogP contribution < -0.4 is 5.32 Å². The fraction of sp³-hybridized carbons (Fsp3) is 0.526. The maximum absolute atomic E-state index is 12.5. The lowest BCUT2D eigenvalue weighted by Gasteiger charge is -2.31. The zero-order valence-corrected chi connectivity index (χ0v) is 13.9. The summed E-state index contributed by atoms with van der Waals surface area (Å²) in [7, 11) is 0. The second-order valence-electron chi connectivity index (χ2n) is 6.91. The van der Waals surface area contributed by atoms with E-state index in [4.69, 9.17) is 13.9 Å². The SMILES string of the molecule is Cc1ccc2oc(C(=O)N[C@@H]3COCC[C@@H]3OCC3CC3)cc2c1. The van der Waals surface area contributed by atoms with Crippen molar-refractivity contribution in [3.05, 3.63) is 35.6 Å². The Hall–Kier alpha value is -1.85. The smallest absolute Gasteiger partial charge is 0.287 e. The van der Waals surface area contributed by atoms with Gasteiger partial charge in [-0.2, -0.15) is 0 Å². The fourth-order valence-electron chi connectivity index (χ4n) is 3.11. The number of fused-ring (bicyclic) bond motifs is 1. The molecule has 128 valence electrons. The first kappa shape index (κ1) is 15.7. The Balaban J connectivity index is 1.44. The number of rotatable bonds is 5. The van der Waals surface area contributed by atoms with Crippen LogP contribution in [-0.4, -0.2) is 37.9 Å². The highest BCUT2D eigenvalue weighted by molar-refractivity contribution is 5.96. The van der Waals surface area contributed by atoms with Crippen LogP contribution in [0.3, 0.4) is 0 Å². The third-order valence-electron chi connectivity index (χ3n) is 4.75.